The number of carbonyl (C=O) groups excluding carboxylic acids is 1. The number of benzene rings is 1. The molecule has 110 valence electrons. The van der Waals surface area contributed by atoms with Crippen molar-refractivity contribution in [2.75, 3.05) is 6.54 Å². The van der Waals surface area contributed by atoms with Crippen LogP contribution in [0.15, 0.2) is 30.6 Å². The lowest BCUT2D eigenvalue weighted by molar-refractivity contribution is -0.385. The molecule has 9 heteroatoms. The third-order valence-corrected chi connectivity index (χ3v) is 2.96. The van der Waals surface area contributed by atoms with Crippen LogP contribution in [-0.4, -0.2) is 32.4 Å². The smallest absolute Gasteiger partial charge is 0.282 e. The molecule has 0 bridgehead atoms. The fourth-order valence-electron chi connectivity index (χ4n) is 1.74. The number of nitro groups is 1. The van der Waals surface area contributed by atoms with Crippen LogP contribution in [0.3, 0.4) is 0 Å². The number of hydrogen-bond acceptors (Lipinski definition) is 5. The molecule has 0 aliphatic heterocycles. The van der Waals surface area contributed by atoms with E-state index < -0.39 is 10.8 Å². The Labute approximate surface area is 124 Å². The van der Waals surface area contributed by atoms with Crippen molar-refractivity contribution in [2.24, 2.45) is 0 Å². The molecule has 1 N–H and O–H groups in total. The van der Waals surface area contributed by atoms with Gasteiger partial charge in [-0.3, -0.25) is 19.6 Å². The Bertz CT molecular complexity index is 644. The molecular weight excluding hydrogens is 298 g/mol. The van der Waals surface area contributed by atoms with E-state index in [0.717, 1.165) is 0 Å². The molecule has 2 rings (SSSR count). The molecule has 0 saturated carbocycles. The van der Waals surface area contributed by atoms with Gasteiger partial charge < -0.3 is 5.32 Å². The summed E-state index contributed by atoms with van der Waals surface area (Å²) in [5.74, 6) is -0.525. The summed E-state index contributed by atoms with van der Waals surface area (Å²) in [5.41, 5.74) is -0.318. The van der Waals surface area contributed by atoms with Crippen molar-refractivity contribution in [3.63, 3.8) is 0 Å². The predicted molar refractivity (Wildman–Crippen MR) is 75.1 cm³/mol. The summed E-state index contributed by atoms with van der Waals surface area (Å²) in [6.07, 6.45) is 3.90. The van der Waals surface area contributed by atoms with Gasteiger partial charge >= 0.3 is 0 Å². The molecule has 0 unspecified atom stereocenters. The lowest BCUT2D eigenvalue weighted by Crippen LogP contribution is -2.26. The summed E-state index contributed by atoms with van der Waals surface area (Å²) in [6, 6.07) is 3.88. The first-order valence-corrected chi connectivity index (χ1v) is 6.52. The fourth-order valence-corrected chi connectivity index (χ4v) is 1.91. The molecular formula is C12H12ClN5O3. The summed E-state index contributed by atoms with van der Waals surface area (Å²) in [7, 11) is 0. The quantitative estimate of drug-likeness (QED) is 0.496. The predicted octanol–water partition coefficient (Wildman–Crippen LogP) is 1.66. The summed E-state index contributed by atoms with van der Waals surface area (Å²) >= 11 is 5.77. The number of halogens is 1. The highest BCUT2D eigenvalue weighted by atomic mass is 35.5. The summed E-state index contributed by atoms with van der Waals surface area (Å²) in [5, 5.41) is 21.2. The first-order chi connectivity index (χ1) is 10.1. The minimum absolute atomic E-state index is 0.0479. The largest absolute Gasteiger partial charge is 0.352 e. The Hall–Kier alpha value is -2.48. The van der Waals surface area contributed by atoms with Crippen molar-refractivity contribution in [1.29, 1.82) is 0 Å². The minimum atomic E-state index is -0.610. The van der Waals surface area contributed by atoms with Gasteiger partial charge in [0, 0.05) is 30.4 Å². The van der Waals surface area contributed by atoms with Crippen LogP contribution in [0.1, 0.15) is 16.8 Å². The molecule has 2 aromatic rings. The number of nitro benzene ring substituents is 1. The van der Waals surface area contributed by atoms with Gasteiger partial charge in [0.1, 0.15) is 5.56 Å². The number of carbonyl (C=O) groups is 1. The standard InChI is InChI=1S/C12H12ClN5O3/c13-9-2-3-11(18(20)21)10(8-9)12(19)14-4-1-6-17-7-5-15-16-17/h2-3,5,7-8H,1,4,6H2,(H,14,19). The molecule has 0 fully saturated rings. The molecule has 0 spiro atoms. The number of amides is 1. The SMILES string of the molecule is O=C(NCCCn1ccnn1)c1cc(Cl)ccc1[N+](=O)[O-]. The van der Waals surface area contributed by atoms with E-state index in [9.17, 15) is 14.9 Å². The van der Waals surface area contributed by atoms with Gasteiger partial charge in [0.25, 0.3) is 11.6 Å². The number of rotatable bonds is 6. The van der Waals surface area contributed by atoms with E-state index in [4.69, 9.17) is 11.6 Å². The highest BCUT2D eigenvalue weighted by Gasteiger charge is 2.19. The van der Waals surface area contributed by atoms with Gasteiger partial charge in [0.05, 0.1) is 11.1 Å². The van der Waals surface area contributed by atoms with Gasteiger partial charge in [0.15, 0.2) is 0 Å². The van der Waals surface area contributed by atoms with E-state index in [0.29, 0.717) is 19.5 Å². The van der Waals surface area contributed by atoms with Crippen LogP contribution in [0, 0.1) is 10.1 Å². The van der Waals surface area contributed by atoms with E-state index in [1.54, 1.807) is 17.1 Å². The Kier molecular flexibility index (Phi) is 4.83. The maximum absolute atomic E-state index is 12.0. The van der Waals surface area contributed by atoms with Gasteiger partial charge in [-0.05, 0) is 18.6 Å². The lowest BCUT2D eigenvalue weighted by Gasteiger charge is -2.06. The molecule has 1 heterocycles. The Morgan fingerprint density at radius 1 is 1.48 bits per heavy atom. The third-order valence-electron chi connectivity index (χ3n) is 2.72. The van der Waals surface area contributed by atoms with E-state index in [1.165, 1.54) is 18.2 Å². The van der Waals surface area contributed by atoms with E-state index >= 15 is 0 Å². The van der Waals surface area contributed by atoms with Crippen molar-refractivity contribution < 1.29 is 9.72 Å². The topological polar surface area (TPSA) is 103 Å². The second-order valence-corrected chi connectivity index (χ2v) is 4.63. The lowest BCUT2D eigenvalue weighted by atomic mass is 10.1. The van der Waals surface area contributed by atoms with Gasteiger partial charge in [-0.25, -0.2) is 0 Å². The van der Waals surface area contributed by atoms with Gasteiger partial charge in [-0.2, -0.15) is 0 Å². The van der Waals surface area contributed by atoms with Crippen LogP contribution in [0.5, 0.6) is 0 Å². The third kappa shape index (κ3) is 3.99. The maximum atomic E-state index is 12.0. The van der Waals surface area contributed by atoms with Crippen LogP contribution >= 0.6 is 11.6 Å². The zero-order valence-corrected chi connectivity index (χ0v) is 11.7. The molecule has 1 aromatic carbocycles. The zero-order valence-electron chi connectivity index (χ0n) is 10.9. The van der Waals surface area contributed by atoms with E-state index in [2.05, 4.69) is 15.6 Å². The molecule has 8 nitrogen and oxygen atoms in total. The molecule has 0 atom stereocenters. The molecule has 0 aliphatic carbocycles. The molecule has 0 aliphatic rings. The summed E-state index contributed by atoms with van der Waals surface area (Å²) in [6.45, 7) is 0.959. The van der Waals surface area contributed by atoms with Crippen molar-refractivity contribution >= 4 is 23.2 Å². The van der Waals surface area contributed by atoms with Crippen molar-refractivity contribution in [1.82, 2.24) is 20.3 Å². The van der Waals surface area contributed by atoms with Crippen LogP contribution in [0.2, 0.25) is 5.02 Å². The van der Waals surface area contributed by atoms with Crippen molar-refractivity contribution in [2.45, 2.75) is 13.0 Å². The van der Waals surface area contributed by atoms with Gasteiger partial charge in [0.2, 0.25) is 0 Å². The number of aryl methyl sites for hydroxylation is 1. The van der Waals surface area contributed by atoms with Gasteiger partial charge in [-0.1, -0.05) is 16.8 Å². The van der Waals surface area contributed by atoms with Crippen LogP contribution < -0.4 is 5.32 Å². The first-order valence-electron chi connectivity index (χ1n) is 6.14. The number of hydrogen-bond donors (Lipinski definition) is 1. The molecule has 0 radical (unpaired) electrons. The summed E-state index contributed by atoms with van der Waals surface area (Å²) < 4.78 is 1.63. The normalized spacial score (nSPS) is 10.3. The minimum Gasteiger partial charge on any atom is -0.352 e. The Morgan fingerprint density at radius 3 is 2.95 bits per heavy atom. The van der Waals surface area contributed by atoms with Gasteiger partial charge in [-0.15, -0.1) is 5.10 Å². The maximum Gasteiger partial charge on any atom is 0.282 e. The average molecular weight is 310 g/mol. The highest BCUT2D eigenvalue weighted by molar-refractivity contribution is 6.31. The monoisotopic (exact) mass is 309 g/mol. The van der Waals surface area contributed by atoms with E-state index in [1.807, 2.05) is 0 Å². The Morgan fingerprint density at radius 2 is 2.29 bits per heavy atom. The molecule has 21 heavy (non-hydrogen) atoms. The fraction of sp³-hybridized carbons (Fsp3) is 0.250. The van der Waals surface area contributed by atoms with E-state index in [-0.39, 0.29) is 16.3 Å². The number of aromatic nitrogens is 3. The average Bonchev–Trinajstić information content (AvgIpc) is 2.96. The van der Waals surface area contributed by atoms with Crippen molar-refractivity contribution in [3.8, 4) is 0 Å². The van der Waals surface area contributed by atoms with Crippen LogP contribution in [0.4, 0.5) is 5.69 Å². The molecule has 1 amide bonds. The second kappa shape index (κ2) is 6.80. The second-order valence-electron chi connectivity index (χ2n) is 4.19. The van der Waals surface area contributed by atoms with Crippen LogP contribution in [0.25, 0.3) is 0 Å². The highest BCUT2D eigenvalue weighted by Crippen LogP contribution is 2.22. The first kappa shape index (κ1) is 14.9. The zero-order chi connectivity index (χ0) is 15.2. The van der Waals surface area contributed by atoms with Crippen molar-refractivity contribution in [3.05, 3.63) is 51.3 Å². The molecule has 1 aromatic heterocycles. The molecule has 0 saturated heterocycles. The summed E-state index contributed by atoms with van der Waals surface area (Å²) in [4.78, 5) is 22.3. The van der Waals surface area contributed by atoms with Crippen LogP contribution in [-0.2, 0) is 6.54 Å². The number of nitrogens with zero attached hydrogens (tertiary/aromatic N) is 4. The Balaban J connectivity index is 1.93. The number of nitrogens with one attached hydrogen (secondary N) is 1.